The molecule has 0 aliphatic carbocycles. The van der Waals surface area contributed by atoms with E-state index < -0.39 is 5.82 Å². The number of fused-ring (bicyclic) bond motifs is 2. The highest BCUT2D eigenvalue weighted by atomic mass is 19.1. The number of hydrogen-bond acceptors (Lipinski definition) is 5. The van der Waals surface area contributed by atoms with E-state index in [0.29, 0.717) is 29.9 Å². The van der Waals surface area contributed by atoms with E-state index in [4.69, 9.17) is 0 Å². The van der Waals surface area contributed by atoms with Gasteiger partial charge in [-0.2, -0.15) is 0 Å². The SMILES string of the molecule is Cn1cc(C(=O)N2CCc3nc4ccc(F)cn4c(=O)c3C2)nn1. The Morgan fingerprint density at radius 1 is 1.29 bits per heavy atom. The molecule has 3 aromatic rings. The van der Waals surface area contributed by atoms with Crippen LogP contribution in [0.5, 0.6) is 0 Å². The number of amides is 1. The van der Waals surface area contributed by atoms with Crippen LogP contribution >= 0.6 is 0 Å². The maximum atomic E-state index is 13.4. The molecule has 0 spiro atoms. The fraction of sp³-hybridized carbons (Fsp3) is 0.267. The van der Waals surface area contributed by atoms with Gasteiger partial charge in [0.25, 0.3) is 11.5 Å². The van der Waals surface area contributed by atoms with Gasteiger partial charge in [-0.05, 0) is 12.1 Å². The summed E-state index contributed by atoms with van der Waals surface area (Å²) in [5.74, 6) is -0.813. The Morgan fingerprint density at radius 3 is 2.88 bits per heavy atom. The van der Waals surface area contributed by atoms with Crippen LogP contribution in [-0.4, -0.2) is 41.7 Å². The van der Waals surface area contributed by atoms with Gasteiger partial charge in [0, 0.05) is 26.2 Å². The summed E-state index contributed by atoms with van der Waals surface area (Å²) < 4.78 is 16.0. The predicted molar refractivity (Wildman–Crippen MR) is 80.9 cm³/mol. The van der Waals surface area contributed by atoms with Crippen LogP contribution < -0.4 is 5.56 Å². The quantitative estimate of drug-likeness (QED) is 0.635. The number of carbonyl (C=O) groups excluding carboxylic acids is 1. The van der Waals surface area contributed by atoms with Gasteiger partial charge in [-0.3, -0.25) is 18.7 Å². The van der Waals surface area contributed by atoms with E-state index >= 15 is 0 Å². The van der Waals surface area contributed by atoms with E-state index in [1.54, 1.807) is 7.05 Å². The fourth-order valence-corrected chi connectivity index (χ4v) is 2.85. The van der Waals surface area contributed by atoms with Gasteiger partial charge in [-0.15, -0.1) is 5.10 Å². The molecule has 4 rings (SSSR count). The van der Waals surface area contributed by atoms with E-state index in [1.165, 1.54) is 32.3 Å². The second-order valence-electron chi connectivity index (χ2n) is 5.67. The van der Waals surface area contributed by atoms with Crippen molar-refractivity contribution in [2.75, 3.05) is 6.54 Å². The van der Waals surface area contributed by atoms with Crippen LogP contribution in [0.25, 0.3) is 5.65 Å². The zero-order chi connectivity index (χ0) is 16.8. The van der Waals surface area contributed by atoms with E-state index in [9.17, 15) is 14.0 Å². The van der Waals surface area contributed by atoms with Crippen molar-refractivity contribution in [1.82, 2.24) is 29.3 Å². The molecule has 0 fully saturated rings. The van der Waals surface area contributed by atoms with Crippen molar-refractivity contribution < 1.29 is 9.18 Å². The first-order valence-corrected chi connectivity index (χ1v) is 7.38. The molecule has 1 amide bonds. The van der Waals surface area contributed by atoms with Gasteiger partial charge in [0.15, 0.2) is 5.69 Å². The predicted octanol–water partition coefficient (Wildman–Crippen LogP) is 0.161. The Balaban J connectivity index is 1.74. The molecule has 0 unspecified atom stereocenters. The van der Waals surface area contributed by atoms with Crippen LogP contribution in [0, 0.1) is 5.82 Å². The van der Waals surface area contributed by atoms with Crippen molar-refractivity contribution in [2.24, 2.45) is 7.05 Å². The van der Waals surface area contributed by atoms with Gasteiger partial charge < -0.3 is 4.90 Å². The van der Waals surface area contributed by atoms with Crippen molar-refractivity contribution in [2.45, 2.75) is 13.0 Å². The standard InChI is InChI=1S/C15H13FN6O2/c1-20-8-12(18-19-20)15(24)21-5-4-11-10(7-21)14(23)22-6-9(16)2-3-13(22)17-11/h2-3,6,8H,4-5,7H2,1H3. The number of hydrogen-bond donors (Lipinski definition) is 0. The van der Waals surface area contributed by atoms with Crippen molar-refractivity contribution >= 4 is 11.6 Å². The van der Waals surface area contributed by atoms with Gasteiger partial charge in [0.05, 0.1) is 24.0 Å². The summed E-state index contributed by atoms with van der Waals surface area (Å²) in [7, 11) is 1.67. The summed E-state index contributed by atoms with van der Waals surface area (Å²) in [4.78, 5) is 31.0. The zero-order valence-corrected chi connectivity index (χ0v) is 12.8. The maximum Gasteiger partial charge on any atom is 0.276 e. The second kappa shape index (κ2) is 5.22. The molecular formula is C15H13FN6O2. The lowest BCUT2D eigenvalue weighted by molar-refractivity contribution is 0.0726. The largest absolute Gasteiger partial charge is 0.332 e. The number of halogens is 1. The molecule has 9 heteroatoms. The molecule has 0 N–H and O–H groups in total. The molecule has 0 aromatic carbocycles. The second-order valence-corrected chi connectivity index (χ2v) is 5.67. The smallest absolute Gasteiger partial charge is 0.276 e. The summed E-state index contributed by atoms with van der Waals surface area (Å²) in [5, 5.41) is 7.55. The molecule has 0 saturated carbocycles. The Labute approximate surface area is 135 Å². The third kappa shape index (κ3) is 2.25. The molecule has 0 bridgehead atoms. The van der Waals surface area contributed by atoms with Gasteiger partial charge in [0.2, 0.25) is 0 Å². The van der Waals surface area contributed by atoms with Crippen LogP contribution in [0.4, 0.5) is 4.39 Å². The van der Waals surface area contributed by atoms with Gasteiger partial charge >= 0.3 is 0 Å². The van der Waals surface area contributed by atoms with Crippen molar-refractivity contribution in [1.29, 1.82) is 0 Å². The molecule has 0 atom stereocenters. The molecule has 3 aromatic heterocycles. The molecule has 122 valence electrons. The lowest BCUT2D eigenvalue weighted by Gasteiger charge is -2.27. The maximum absolute atomic E-state index is 13.4. The lowest BCUT2D eigenvalue weighted by atomic mass is 10.1. The van der Waals surface area contributed by atoms with Crippen molar-refractivity contribution in [3.8, 4) is 0 Å². The third-order valence-electron chi connectivity index (χ3n) is 4.04. The first-order valence-electron chi connectivity index (χ1n) is 7.38. The Hall–Kier alpha value is -3.10. The van der Waals surface area contributed by atoms with Gasteiger partial charge in [0.1, 0.15) is 11.5 Å². The summed E-state index contributed by atoms with van der Waals surface area (Å²) in [6.45, 7) is 0.558. The first-order chi connectivity index (χ1) is 11.5. The van der Waals surface area contributed by atoms with Gasteiger partial charge in [-0.1, -0.05) is 5.21 Å². The molecule has 0 saturated heterocycles. The number of nitrogens with zero attached hydrogens (tertiary/aromatic N) is 6. The summed E-state index contributed by atoms with van der Waals surface area (Å²) >= 11 is 0. The molecule has 4 heterocycles. The molecule has 1 aliphatic rings. The Morgan fingerprint density at radius 2 is 2.12 bits per heavy atom. The van der Waals surface area contributed by atoms with Crippen molar-refractivity contribution in [3.63, 3.8) is 0 Å². The first kappa shape index (κ1) is 14.5. The highest BCUT2D eigenvalue weighted by molar-refractivity contribution is 5.92. The van der Waals surface area contributed by atoms with E-state index in [-0.39, 0.29) is 23.7 Å². The van der Waals surface area contributed by atoms with Crippen LogP contribution in [0.2, 0.25) is 0 Å². The number of aromatic nitrogens is 5. The number of rotatable bonds is 1. The monoisotopic (exact) mass is 328 g/mol. The molecule has 1 aliphatic heterocycles. The molecular weight excluding hydrogens is 315 g/mol. The Bertz CT molecular complexity index is 1020. The minimum atomic E-state index is -0.519. The topological polar surface area (TPSA) is 85.4 Å². The summed E-state index contributed by atoms with van der Waals surface area (Å²) in [5.41, 5.74) is 1.32. The van der Waals surface area contributed by atoms with Crippen molar-refractivity contribution in [3.05, 3.63) is 57.6 Å². The van der Waals surface area contributed by atoms with Crippen LogP contribution in [0.15, 0.2) is 29.3 Å². The molecule has 8 nitrogen and oxygen atoms in total. The normalized spacial score (nSPS) is 14.0. The third-order valence-corrected chi connectivity index (χ3v) is 4.04. The van der Waals surface area contributed by atoms with Crippen LogP contribution in [0.1, 0.15) is 21.7 Å². The van der Waals surface area contributed by atoms with E-state index in [0.717, 1.165) is 6.20 Å². The number of aryl methyl sites for hydroxylation is 1. The summed E-state index contributed by atoms with van der Waals surface area (Å²) in [6, 6.07) is 2.73. The highest BCUT2D eigenvalue weighted by Gasteiger charge is 2.27. The minimum absolute atomic E-state index is 0.121. The lowest BCUT2D eigenvalue weighted by Crippen LogP contribution is -2.40. The highest BCUT2D eigenvalue weighted by Crippen LogP contribution is 2.17. The summed E-state index contributed by atoms with van der Waals surface area (Å²) in [6.07, 6.45) is 3.09. The number of carbonyl (C=O) groups is 1. The van der Waals surface area contributed by atoms with Crippen LogP contribution in [-0.2, 0) is 20.0 Å². The minimum Gasteiger partial charge on any atom is -0.332 e. The molecule has 0 radical (unpaired) electrons. The number of pyridine rings is 1. The van der Waals surface area contributed by atoms with E-state index in [2.05, 4.69) is 15.3 Å². The fourth-order valence-electron chi connectivity index (χ4n) is 2.85. The van der Waals surface area contributed by atoms with Gasteiger partial charge in [-0.25, -0.2) is 9.37 Å². The molecule has 24 heavy (non-hydrogen) atoms. The average molecular weight is 328 g/mol. The zero-order valence-electron chi connectivity index (χ0n) is 12.8. The Kier molecular flexibility index (Phi) is 3.15. The van der Waals surface area contributed by atoms with Crippen LogP contribution in [0.3, 0.4) is 0 Å². The van der Waals surface area contributed by atoms with E-state index in [1.807, 2.05) is 0 Å². The average Bonchev–Trinajstić information content (AvgIpc) is 3.01.